The molecule has 5 nitrogen and oxygen atoms in total. The van der Waals surface area contributed by atoms with Crippen LogP contribution in [0.3, 0.4) is 0 Å². The predicted octanol–water partition coefficient (Wildman–Crippen LogP) is 3.04. The average molecular weight is 310 g/mol. The Morgan fingerprint density at radius 3 is 2.27 bits per heavy atom. The summed E-state index contributed by atoms with van der Waals surface area (Å²) in [4.78, 5) is 27.4. The molecule has 126 valence electrons. The Balaban J connectivity index is 1.61. The van der Waals surface area contributed by atoms with E-state index >= 15 is 0 Å². The van der Waals surface area contributed by atoms with Crippen LogP contribution >= 0.6 is 0 Å². The van der Waals surface area contributed by atoms with E-state index in [0.717, 1.165) is 12.3 Å². The standard InChI is InChI=1S/C17H30N2O3/c1-2-22-17(21)19-13-11-18(12-14-19)16(20)10-6-9-15-7-4-3-5-8-15/h15H,2-14H2,1H3. The second-order valence-corrected chi connectivity index (χ2v) is 6.46. The van der Waals surface area contributed by atoms with Crippen molar-refractivity contribution in [3.8, 4) is 0 Å². The molecule has 2 aliphatic rings. The molecule has 5 heteroatoms. The molecular formula is C17H30N2O3. The highest BCUT2D eigenvalue weighted by molar-refractivity contribution is 5.76. The molecule has 1 aliphatic carbocycles. The molecule has 0 radical (unpaired) electrons. The van der Waals surface area contributed by atoms with Crippen LogP contribution in [0.5, 0.6) is 0 Å². The van der Waals surface area contributed by atoms with Crippen LogP contribution in [0.25, 0.3) is 0 Å². The fourth-order valence-corrected chi connectivity index (χ4v) is 3.53. The largest absolute Gasteiger partial charge is 0.450 e. The van der Waals surface area contributed by atoms with E-state index in [1.807, 2.05) is 11.8 Å². The molecule has 0 aromatic carbocycles. The molecule has 0 bridgehead atoms. The molecule has 1 saturated heterocycles. The van der Waals surface area contributed by atoms with Gasteiger partial charge in [-0.1, -0.05) is 32.1 Å². The molecule has 2 fully saturated rings. The van der Waals surface area contributed by atoms with Gasteiger partial charge in [-0.25, -0.2) is 4.79 Å². The monoisotopic (exact) mass is 310 g/mol. The Kier molecular flexibility index (Phi) is 7.00. The van der Waals surface area contributed by atoms with E-state index in [4.69, 9.17) is 4.74 Å². The highest BCUT2D eigenvalue weighted by atomic mass is 16.6. The van der Waals surface area contributed by atoms with Crippen molar-refractivity contribution < 1.29 is 14.3 Å². The predicted molar refractivity (Wildman–Crippen MR) is 85.6 cm³/mol. The molecular weight excluding hydrogens is 280 g/mol. The maximum atomic E-state index is 12.2. The van der Waals surface area contributed by atoms with E-state index in [-0.39, 0.29) is 12.0 Å². The third-order valence-corrected chi connectivity index (χ3v) is 4.89. The maximum Gasteiger partial charge on any atom is 0.409 e. The number of hydrogen-bond donors (Lipinski definition) is 0. The first-order chi connectivity index (χ1) is 10.7. The van der Waals surface area contributed by atoms with E-state index < -0.39 is 0 Å². The van der Waals surface area contributed by atoms with Gasteiger partial charge in [-0.2, -0.15) is 0 Å². The average Bonchev–Trinajstić information content (AvgIpc) is 2.56. The summed E-state index contributed by atoms with van der Waals surface area (Å²) in [6.07, 6.45) is 9.46. The van der Waals surface area contributed by atoms with Crippen molar-refractivity contribution in [2.24, 2.45) is 5.92 Å². The van der Waals surface area contributed by atoms with Gasteiger partial charge in [0.25, 0.3) is 0 Å². The molecule has 22 heavy (non-hydrogen) atoms. The number of rotatable bonds is 5. The smallest absolute Gasteiger partial charge is 0.409 e. The lowest BCUT2D eigenvalue weighted by molar-refractivity contribution is -0.133. The molecule has 0 aromatic rings. The topological polar surface area (TPSA) is 49.9 Å². The Hall–Kier alpha value is -1.26. The van der Waals surface area contributed by atoms with E-state index in [1.54, 1.807) is 4.90 Å². The quantitative estimate of drug-likeness (QED) is 0.784. The molecule has 0 spiro atoms. The molecule has 1 aliphatic heterocycles. The van der Waals surface area contributed by atoms with Gasteiger partial charge in [0.1, 0.15) is 0 Å². The van der Waals surface area contributed by atoms with Crippen LogP contribution in [0.4, 0.5) is 4.79 Å². The summed E-state index contributed by atoms with van der Waals surface area (Å²) in [5.74, 6) is 1.10. The van der Waals surface area contributed by atoms with Crippen molar-refractivity contribution in [3.63, 3.8) is 0 Å². The molecule has 1 heterocycles. The van der Waals surface area contributed by atoms with Gasteiger partial charge >= 0.3 is 6.09 Å². The lowest BCUT2D eigenvalue weighted by atomic mass is 9.86. The van der Waals surface area contributed by atoms with Crippen LogP contribution in [0.1, 0.15) is 58.3 Å². The Morgan fingerprint density at radius 1 is 1.00 bits per heavy atom. The van der Waals surface area contributed by atoms with Gasteiger partial charge in [0.2, 0.25) is 5.91 Å². The van der Waals surface area contributed by atoms with E-state index in [2.05, 4.69) is 0 Å². The highest BCUT2D eigenvalue weighted by Gasteiger charge is 2.24. The van der Waals surface area contributed by atoms with Crippen molar-refractivity contribution in [1.29, 1.82) is 0 Å². The zero-order valence-corrected chi connectivity index (χ0v) is 13.9. The van der Waals surface area contributed by atoms with Crippen molar-refractivity contribution in [2.45, 2.75) is 58.3 Å². The number of carbonyl (C=O) groups is 2. The summed E-state index contributed by atoms with van der Waals surface area (Å²) in [7, 11) is 0. The Labute approximate surface area is 134 Å². The Morgan fingerprint density at radius 2 is 1.64 bits per heavy atom. The molecule has 1 saturated carbocycles. The van der Waals surface area contributed by atoms with Gasteiger partial charge in [0.05, 0.1) is 6.61 Å². The van der Waals surface area contributed by atoms with Crippen LogP contribution in [0.2, 0.25) is 0 Å². The second kappa shape index (κ2) is 9.01. The zero-order valence-electron chi connectivity index (χ0n) is 13.9. The van der Waals surface area contributed by atoms with Gasteiger partial charge < -0.3 is 14.5 Å². The number of hydrogen-bond acceptors (Lipinski definition) is 3. The number of nitrogens with zero attached hydrogens (tertiary/aromatic N) is 2. The van der Waals surface area contributed by atoms with Crippen LogP contribution in [0, 0.1) is 5.92 Å². The number of carbonyl (C=O) groups excluding carboxylic acids is 2. The molecule has 2 rings (SSSR count). The summed E-state index contributed by atoms with van der Waals surface area (Å²) < 4.78 is 4.99. The zero-order chi connectivity index (χ0) is 15.8. The summed E-state index contributed by atoms with van der Waals surface area (Å²) in [6.45, 7) is 4.67. The van der Waals surface area contributed by atoms with Crippen LogP contribution < -0.4 is 0 Å². The first kappa shape index (κ1) is 17.1. The third-order valence-electron chi connectivity index (χ3n) is 4.89. The minimum absolute atomic E-state index is 0.249. The van der Waals surface area contributed by atoms with Crippen molar-refractivity contribution >= 4 is 12.0 Å². The summed E-state index contributed by atoms with van der Waals surface area (Å²) in [6, 6.07) is 0. The van der Waals surface area contributed by atoms with Crippen LogP contribution in [-0.2, 0) is 9.53 Å². The maximum absolute atomic E-state index is 12.2. The summed E-state index contributed by atoms with van der Waals surface area (Å²) in [5, 5.41) is 0. The van der Waals surface area contributed by atoms with Crippen LogP contribution in [-0.4, -0.2) is 54.6 Å². The third kappa shape index (κ3) is 5.18. The SMILES string of the molecule is CCOC(=O)N1CCN(C(=O)CCCC2CCCCC2)CC1. The number of piperazine rings is 1. The highest BCUT2D eigenvalue weighted by Crippen LogP contribution is 2.27. The lowest BCUT2D eigenvalue weighted by Gasteiger charge is -2.34. The van der Waals surface area contributed by atoms with Crippen molar-refractivity contribution in [1.82, 2.24) is 9.80 Å². The van der Waals surface area contributed by atoms with Gasteiger partial charge in [-0.3, -0.25) is 4.79 Å². The first-order valence-corrected chi connectivity index (χ1v) is 8.90. The van der Waals surface area contributed by atoms with Crippen molar-refractivity contribution in [2.75, 3.05) is 32.8 Å². The van der Waals surface area contributed by atoms with E-state index in [1.165, 1.54) is 38.5 Å². The fourth-order valence-electron chi connectivity index (χ4n) is 3.53. The molecule has 0 atom stereocenters. The van der Waals surface area contributed by atoms with Gasteiger partial charge in [0.15, 0.2) is 0 Å². The lowest BCUT2D eigenvalue weighted by Crippen LogP contribution is -2.50. The van der Waals surface area contributed by atoms with E-state index in [9.17, 15) is 9.59 Å². The van der Waals surface area contributed by atoms with Crippen LogP contribution in [0.15, 0.2) is 0 Å². The molecule has 0 unspecified atom stereocenters. The minimum Gasteiger partial charge on any atom is -0.450 e. The first-order valence-electron chi connectivity index (χ1n) is 8.90. The molecule has 0 N–H and O–H groups in total. The number of ether oxygens (including phenoxy) is 1. The van der Waals surface area contributed by atoms with Gasteiger partial charge in [-0.15, -0.1) is 0 Å². The Bertz CT molecular complexity index is 359. The minimum atomic E-state index is -0.258. The second-order valence-electron chi connectivity index (χ2n) is 6.46. The molecule has 0 aromatic heterocycles. The number of amides is 2. The summed E-state index contributed by atoms with van der Waals surface area (Å²) >= 11 is 0. The summed E-state index contributed by atoms with van der Waals surface area (Å²) in [5.41, 5.74) is 0. The van der Waals surface area contributed by atoms with Gasteiger partial charge in [-0.05, 0) is 25.7 Å². The van der Waals surface area contributed by atoms with Gasteiger partial charge in [0, 0.05) is 32.6 Å². The normalized spacial score (nSPS) is 20.0. The van der Waals surface area contributed by atoms with E-state index in [0.29, 0.717) is 39.2 Å². The van der Waals surface area contributed by atoms with Crippen molar-refractivity contribution in [3.05, 3.63) is 0 Å². The molecule has 2 amide bonds. The fraction of sp³-hybridized carbons (Fsp3) is 0.882.